The zero-order chi connectivity index (χ0) is 10.2. The summed E-state index contributed by atoms with van der Waals surface area (Å²) < 4.78 is 0.675. The maximum atomic E-state index is 10.1. The molecule has 2 heterocycles. The van der Waals surface area contributed by atoms with Gasteiger partial charge in [0.05, 0.1) is 0 Å². The van der Waals surface area contributed by atoms with Gasteiger partial charge in [0, 0.05) is 11.9 Å². The third kappa shape index (κ3) is 1.63. The number of nitrogens with zero attached hydrogens (tertiary/aromatic N) is 2. The number of pyridine rings is 1. The predicted molar refractivity (Wildman–Crippen MR) is 62.4 cm³/mol. The second-order valence-corrected chi connectivity index (χ2v) is 4.90. The Hall–Kier alpha value is -0.650. The molecule has 74 valence electrons. The van der Waals surface area contributed by atoms with Crippen molar-refractivity contribution >= 4 is 34.1 Å². The van der Waals surface area contributed by atoms with Crippen LogP contribution in [0.3, 0.4) is 0 Å². The molecular weight excluding hydrogens is 216 g/mol. The topological polar surface area (TPSA) is 36.4 Å². The van der Waals surface area contributed by atoms with Gasteiger partial charge in [-0.1, -0.05) is 30.0 Å². The average Bonchev–Trinajstić information content (AvgIpc) is 2.42. The Balaban J connectivity index is 2.38. The molecule has 1 aliphatic rings. The van der Waals surface area contributed by atoms with Crippen LogP contribution >= 0.6 is 24.0 Å². The zero-order valence-electron chi connectivity index (χ0n) is 7.67. The number of aromatic nitrogens is 1. The lowest BCUT2D eigenvalue weighted by molar-refractivity contribution is 0.0994. The molecule has 14 heavy (non-hydrogen) atoms. The summed E-state index contributed by atoms with van der Waals surface area (Å²) in [5, 5.41) is 10.1. The molecule has 0 bridgehead atoms. The number of anilines is 1. The first-order valence-electron chi connectivity index (χ1n) is 4.22. The van der Waals surface area contributed by atoms with E-state index in [1.165, 1.54) is 11.8 Å². The van der Waals surface area contributed by atoms with E-state index in [0.29, 0.717) is 15.9 Å². The molecule has 0 radical (unpaired) electrons. The summed E-state index contributed by atoms with van der Waals surface area (Å²) in [6.45, 7) is 1.74. The molecule has 5 heteroatoms. The van der Waals surface area contributed by atoms with Crippen molar-refractivity contribution in [3.8, 4) is 0 Å². The Morgan fingerprint density at radius 2 is 2.43 bits per heavy atom. The summed E-state index contributed by atoms with van der Waals surface area (Å²) in [6.07, 6.45) is 1.69. The van der Waals surface area contributed by atoms with E-state index in [2.05, 4.69) is 4.98 Å². The number of thioether (sulfide) groups is 1. The average molecular weight is 226 g/mol. The minimum absolute atomic E-state index is 0.586. The summed E-state index contributed by atoms with van der Waals surface area (Å²) in [6, 6.07) is 5.56. The molecule has 1 unspecified atom stereocenters. The van der Waals surface area contributed by atoms with Crippen molar-refractivity contribution in [1.82, 2.24) is 4.98 Å². The highest BCUT2D eigenvalue weighted by Gasteiger charge is 2.39. The van der Waals surface area contributed by atoms with Crippen molar-refractivity contribution in [2.24, 2.45) is 0 Å². The molecule has 3 nitrogen and oxygen atoms in total. The molecule has 0 aromatic carbocycles. The van der Waals surface area contributed by atoms with Gasteiger partial charge < -0.3 is 5.11 Å². The molecular formula is C9H10N2OS2. The van der Waals surface area contributed by atoms with Crippen molar-refractivity contribution in [3.05, 3.63) is 24.4 Å². The van der Waals surface area contributed by atoms with Crippen molar-refractivity contribution < 1.29 is 5.11 Å². The van der Waals surface area contributed by atoms with E-state index in [1.54, 1.807) is 18.0 Å². The van der Waals surface area contributed by atoms with Crippen LogP contribution in [0.5, 0.6) is 0 Å². The third-order valence-electron chi connectivity index (χ3n) is 2.01. The Kier molecular flexibility index (Phi) is 2.47. The van der Waals surface area contributed by atoms with Crippen molar-refractivity contribution in [1.29, 1.82) is 0 Å². The molecule has 0 amide bonds. The van der Waals surface area contributed by atoms with Gasteiger partial charge in [0.15, 0.2) is 5.72 Å². The van der Waals surface area contributed by atoms with E-state index in [1.807, 2.05) is 18.2 Å². The van der Waals surface area contributed by atoms with E-state index in [-0.39, 0.29) is 0 Å². The zero-order valence-corrected chi connectivity index (χ0v) is 9.31. The fourth-order valence-electron chi connectivity index (χ4n) is 1.35. The molecule has 1 fully saturated rings. The van der Waals surface area contributed by atoms with Crippen LogP contribution < -0.4 is 4.90 Å². The summed E-state index contributed by atoms with van der Waals surface area (Å²) >= 11 is 6.63. The lowest BCUT2D eigenvalue weighted by atomic mass is 10.2. The van der Waals surface area contributed by atoms with Gasteiger partial charge in [-0.3, -0.25) is 4.90 Å². The van der Waals surface area contributed by atoms with E-state index < -0.39 is 5.72 Å². The molecule has 1 aromatic heterocycles. The lowest BCUT2D eigenvalue weighted by Crippen LogP contribution is -2.45. The fraction of sp³-hybridized carbons (Fsp3) is 0.333. The second kappa shape index (κ2) is 3.49. The van der Waals surface area contributed by atoms with Crippen LogP contribution in [0.4, 0.5) is 5.82 Å². The molecule has 1 aliphatic heterocycles. The van der Waals surface area contributed by atoms with E-state index in [4.69, 9.17) is 12.2 Å². The maximum Gasteiger partial charge on any atom is 0.151 e. The molecule has 1 saturated heterocycles. The van der Waals surface area contributed by atoms with Crippen LogP contribution in [-0.4, -0.2) is 25.9 Å². The first-order valence-corrected chi connectivity index (χ1v) is 5.61. The van der Waals surface area contributed by atoms with Crippen LogP contribution in [0.1, 0.15) is 6.92 Å². The standard InChI is InChI=1S/C9H10N2OS2/c1-9(12)6-14-8(13)11(9)7-4-2-3-5-10-7/h2-5,12H,6H2,1H3. The number of aliphatic hydroxyl groups is 1. The Labute approximate surface area is 92.1 Å². The number of hydrogen-bond donors (Lipinski definition) is 1. The number of rotatable bonds is 1. The van der Waals surface area contributed by atoms with Crippen molar-refractivity contribution in [2.45, 2.75) is 12.6 Å². The minimum atomic E-state index is -0.921. The van der Waals surface area contributed by atoms with E-state index in [0.717, 1.165) is 0 Å². The largest absolute Gasteiger partial charge is 0.370 e. The second-order valence-electron chi connectivity index (χ2n) is 3.29. The molecule has 0 saturated carbocycles. The minimum Gasteiger partial charge on any atom is -0.370 e. The van der Waals surface area contributed by atoms with E-state index >= 15 is 0 Å². The summed E-state index contributed by atoms with van der Waals surface area (Å²) in [5.74, 6) is 1.29. The molecule has 0 spiro atoms. The monoisotopic (exact) mass is 226 g/mol. The number of hydrogen-bond acceptors (Lipinski definition) is 4. The first-order chi connectivity index (χ1) is 6.61. The van der Waals surface area contributed by atoms with E-state index in [9.17, 15) is 5.11 Å². The van der Waals surface area contributed by atoms with Crippen molar-refractivity contribution in [3.63, 3.8) is 0 Å². The van der Waals surface area contributed by atoms with Gasteiger partial charge in [0.25, 0.3) is 0 Å². The Morgan fingerprint density at radius 1 is 1.64 bits per heavy atom. The summed E-state index contributed by atoms with van der Waals surface area (Å²) in [5.41, 5.74) is -0.921. The lowest BCUT2D eigenvalue weighted by Gasteiger charge is -2.29. The Morgan fingerprint density at radius 3 is 2.93 bits per heavy atom. The van der Waals surface area contributed by atoms with Gasteiger partial charge in [-0.05, 0) is 19.1 Å². The molecule has 1 N–H and O–H groups in total. The Bertz CT molecular complexity index is 353. The highest BCUT2D eigenvalue weighted by atomic mass is 32.2. The molecule has 0 aliphatic carbocycles. The first kappa shape index (κ1) is 9.89. The third-order valence-corrected chi connectivity index (χ3v) is 3.67. The highest BCUT2D eigenvalue weighted by Crippen LogP contribution is 2.34. The van der Waals surface area contributed by atoms with Gasteiger partial charge in [0.1, 0.15) is 10.1 Å². The van der Waals surface area contributed by atoms with Gasteiger partial charge in [-0.15, -0.1) is 0 Å². The quantitative estimate of drug-likeness (QED) is 0.737. The normalized spacial score (nSPS) is 27.0. The van der Waals surface area contributed by atoms with Gasteiger partial charge >= 0.3 is 0 Å². The number of thiocarbonyl (C=S) groups is 1. The fourth-order valence-corrected chi connectivity index (χ4v) is 2.76. The van der Waals surface area contributed by atoms with Crippen LogP contribution in [-0.2, 0) is 0 Å². The van der Waals surface area contributed by atoms with Crippen LogP contribution in [0.25, 0.3) is 0 Å². The maximum absolute atomic E-state index is 10.1. The predicted octanol–water partition coefficient (Wildman–Crippen LogP) is 1.63. The molecule has 1 atom stereocenters. The van der Waals surface area contributed by atoms with Gasteiger partial charge in [-0.2, -0.15) is 0 Å². The van der Waals surface area contributed by atoms with Crippen molar-refractivity contribution in [2.75, 3.05) is 10.7 Å². The van der Waals surface area contributed by atoms with Gasteiger partial charge in [-0.25, -0.2) is 4.98 Å². The van der Waals surface area contributed by atoms with Crippen LogP contribution in [0.2, 0.25) is 0 Å². The summed E-state index contributed by atoms with van der Waals surface area (Å²) in [4.78, 5) is 5.86. The highest BCUT2D eigenvalue weighted by molar-refractivity contribution is 8.23. The van der Waals surface area contributed by atoms with Gasteiger partial charge in [0.2, 0.25) is 0 Å². The SMILES string of the molecule is CC1(O)CSC(=S)N1c1ccccn1. The smallest absolute Gasteiger partial charge is 0.151 e. The van der Waals surface area contributed by atoms with Crippen LogP contribution in [0.15, 0.2) is 24.4 Å². The molecule has 1 aromatic rings. The molecule has 2 rings (SSSR count). The van der Waals surface area contributed by atoms with Crippen LogP contribution in [0, 0.1) is 0 Å². The summed E-state index contributed by atoms with van der Waals surface area (Å²) in [7, 11) is 0.